The Morgan fingerprint density at radius 2 is 1.90 bits per heavy atom. The second-order valence-corrected chi connectivity index (χ2v) is 2.10. The van der Waals surface area contributed by atoms with E-state index in [1.165, 1.54) is 6.92 Å². The fourth-order valence-electron chi connectivity index (χ4n) is 0.379. The average molecular weight is 144 g/mol. The molecule has 0 aromatic rings. The van der Waals surface area contributed by atoms with Crippen molar-refractivity contribution >= 4 is 11.7 Å². The van der Waals surface area contributed by atoms with Crippen LogP contribution in [0.1, 0.15) is 13.8 Å². The molecule has 0 rings (SSSR count). The lowest BCUT2D eigenvalue weighted by atomic mass is 10.2. The number of rotatable bonds is 2. The van der Waals surface area contributed by atoms with Crippen LogP contribution in [0.4, 0.5) is 0 Å². The van der Waals surface area contributed by atoms with Gasteiger partial charge in [0.05, 0.1) is 0 Å². The second-order valence-electron chi connectivity index (χ2n) is 2.10. The maximum Gasteiger partial charge on any atom is 0.219 e. The average Bonchev–Trinajstić information content (AvgIpc) is 1.60. The Morgan fingerprint density at radius 3 is 2.00 bits per heavy atom. The molecule has 1 amide bonds. The Morgan fingerprint density at radius 1 is 1.50 bits per heavy atom. The molecule has 10 heavy (non-hydrogen) atoms. The zero-order valence-corrected chi connectivity index (χ0v) is 5.97. The maximum absolute atomic E-state index is 10.5. The molecule has 1 unspecified atom stereocenters. The lowest BCUT2D eigenvalue weighted by Crippen LogP contribution is -2.50. The van der Waals surface area contributed by atoms with Gasteiger partial charge in [0, 0.05) is 13.8 Å². The van der Waals surface area contributed by atoms with Crippen LogP contribution in [0.2, 0.25) is 0 Å². The molecular weight excluding hydrogens is 134 g/mol. The summed E-state index contributed by atoms with van der Waals surface area (Å²) in [6, 6.07) is 0. The first-order chi connectivity index (χ1) is 4.36. The van der Waals surface area contributed by atoms with Crippen molar-refractivity contribution in [3.8, 4) is 0 Å². The summed E-state index contributed by atoms with van der Waals surface area (Å²) in [6.45, 7) is 5.42. The smallest absolute Gasteiger partial charge is 0.219 e. The molecule has 0 saturated heterocycles. The number of amides is 1. The van der Waals surface area contributed by atoms with Crippen LogP contribution in [0.3, 0.4) is 0 Å². The van der Waals surface area contributed by atoms with E-state index in [2.05, 4.69) is 6.92 Å². The highest BCUT2D eigenvalue weighted by molar-refractivity contribution is 5.89. The molecule has 57 valence electrons. The molecule has 0 aliphatic carbocycles. The molecule has 0 fully saturated rings. The number of ketones is 1. The van der Waals surface area contributed by atoms with Crippen molar-refractivity contribution in [2.45, 2.75) is 19.6 Å². The molecule has 1 atom stereocenters. The van der Waals surface area contributed by atoms with Gasteiger partial charge in [-0.2, -0.15) is 0 Å². The number of hydrogen-bond donors (Lipinski definition) is 2. The molecule has 0 aliphatic heterocycles. The van der Waals surface area contributed by atoms with E-state index in [0.29, 0.717) is 0 Å². The zero-order chi connectivity index (χ0) is 8.36. The van der Waals surface area contributed by atoms with E-state index in [9.17, 15) is 9.59 Å². The van der Waals surface area contributed by atoms with Crippen molar-refractivity contribution in [1.29, 1.82) is 0 Å². The van der Waals surface area contributed by atoms with Gasteiger partial charge in [0.15, 0.2) is 11.5 Å². The van der Waals surface area contributed by atoms with E-state index in [-0.39, 0.29) is 0 Å². The van der Waals surface area contributed by atoms with Crippen LogP contribution in [0.25, 0.3) is 0 Å². The van der Waals surface area contributed by atoms with Crippen LogP contribution >= 0.6 is 0 Å². The molecule has 1 radical (unpaired) electrons. The summed E-state index contributed by atoms with van der Waals surface area (Å²) in [7, 11) is 0. The molecule has 0 saturated carbocycles. The number of carbonyl (C=O) groups is 2. The Balaban J connectivity index is 4.13. The minimum absolute atomic E-state index is 0.493. The van der Waals surface area contributed by atoms with Gasteiger partial charge in [-0.3, -0.25) is 9.59 Å². The first-order valence-electron chi connectivity index (χ1n) is 2.74. The molecule has 2 N–H and O–H groups in total. The van der Waals surface area contributed by atoms with Crippen molar-refractivity contribution in [2.24, 2.45) is 0 Å². The summed E-state index contributed by atoms with van der Waals surface area (Å²) in [4.78, 5) is 20.8. The molecule has 0 aromatic carbocycles. The number of nitrogens with one attached hydrogen (secondary N) is 1. The lowest BCUT2D eigenvalue weighted by molar-refractivity contribution is -0.140. The molecule has 0 aromatic heterocycles. The largest absolute Gasteiger partial charge is 0.365 e. The molecular formula is C6H10NO3. The fourth-order valence-corrected chi connectivity index (χ4v) is 0.379. The predicted octanol–water partition coefficient (Wildman–Crippen LogP) is -0.766. The van der Waals surface area contributed by atoms with Crippen LogP contribution in [-0.2, 0) is 9.59 Å². The summed E-state index contributed by atoms with van der Waals surface area (Å²) < 4.78 is 0. The first kappa shape index (κ1) is 9.10. The topological polar surface area (TPSA) is 66.4 Å². The highest BCUT2D eigenvalue weighted by Crippen LogP contribution is 1.97. The van der Waals surface area contributed by atoms with Crippen molar-refractivity contribution in [3.05, 3.63) is 6.92 Å². The Bertz CT molecular complexity index is 162. The van der Waals surface area contributed by atoms with Crippen molar-refractivity contribution in [1.82, 2.24) is 5.32 Å². The second kappa shape index (κ2) is 2.79. The maximum atomic E-state index is 10.5. The highest BCUT2D eigenvalue weighted by atomic mass is 16.3. The quantitative estimate of drug-likeness (QED) is 0.500. The predicted molar refractivity (Wildman–Crippen MR) is 34.8 cm³/mol. The minimum atomic E-state index is -1.97. The van der Waals surface area contributed by atoms with E-state index in [1.54, 1.807) is 0 Å². The zero-order valence-electron chi connectivity index (χ0n) is 5.97. The third-order valence-electron chi connectivity index (χ3n) is 0.965. The van der Waals surface area contributed by atoms with Gasteiger partial charge in [0.2, 0.25) is 5.91 Å². The summed E-state index contributed by atoms with van der Waals surface area (Å²) in [5, 5.41) is 10.9. The highest BCUT2D eigenvalue weighted by Gasteiger charge is 2.26. The van der Waals surface area contributed by atoms with Gasteiger partial charge in [-0.15, -0.1) is 0 Å². The minimum Gasteiger partial charge on any atom is -0.365 e. The number of aliphatic hydroxyl groups is 1. The lowest BCUT2D eigenvalue weighted by Gasteiger charge is -2.19. The molecule has 4 heteroatoms. The molecule has 0 aliphatic rings. The fraction of sp³-hybridized carbons (Fsp3) is 0.500. The van der Waals surface area contributed by atoms with E-state index in [4.69, 9.17) is 5.11 Å². The van der Waals surface area contributed by atoms with Gasteiger partial charge in [0.1, 0.15) is 0 Å². The van der Waals surface area contributed by atoms with E-state index in [0.717, 1.165) is 6.92 Å². The van der Waals surface area contributed by atoms with Gasteiger partial charge in [-0.25, -0.2) is 0 Å². The summed E-state index contributed by atoms with van der Waals surface area (Å²) in [6.07, 6.45) is 0. The van der Waals surface area contributed by atoms with Crippen molar-refractivity contribution in [2.75, 3.05) is 0 Å². The molecule has 4 nitrogen and oxygen atoms in total. The molecule has 0 heterocycles. The number of carbonyl (C=O) groups excluding carboxylic acids is 2. The van der Waals surface area contributed by atoms with Crippen molar-refractivity contribution in [3.63, 3.8) is 0 Å². The van der Waals surface area contributed by atoms with Crippen LogP contribution < -0.4 is 5.32 Å². The SMILES string of the molecule is [CH2]C(O)(NC(C)=O)C(C)=O. The Labute approximate surface area is 59.2 Å². The Kier molecular flexibility index (Phi) is 2.54. The summed E-state index contributed by atoms with van der Waals surface area (Å²) in [5.41, 5.74) is -1.97. The van der Waals surface area contributed by atoms with E-state index >= 15 is 0 Å². The van der Waals surface area contributed by atoms with Crippen LogP contribution in [-0.4, -0.2) is 22.5 Å². The number of hydrogen-bond acceptors (Lipinski definition) is 3. The van der Waals surface area contributed by atoms with Crippen molar-refractivity contribution < 1.29 is 14.7 Å². The summed E-state index contributed by atoms with van der Waals surface area (Å²) >= 11 is 0. The summed E-state index contributed by atoms with van der Waals surface area (Å²) in [5.74, 6) is -1.09. The van der Waals surface area contributed by atoms with Crippen LogP contribution in [0.15, 0.2) is 0 Å². The molecule has 0 spiro atoms. The van der Waals surface area contributed by atoms with Crippen LogP contribution in [0.5, 0.6) is 0 Å². The third-order valence-corrected chi connectivity index (χ3v) is 0.965. The normalized spacial score (nSPS) is 15.6. The van der Waals surface area contributed by atoms with Crippen LogP contribution in [0, 0.1) is 6.92 Å². The molecule has 0 bridgehead atoms. The number of Topliss-reactive ketones (excluding diaryl/α,β-unsaturated/α-hetero) is 1. The van der Waals surface area contributed by atoms with Gasteiger partial charge in [0.25, 0.3) is 0 Å². The third kappa shape index (κ3) is 2.59. The monoisotopic (exact) mass is 144 g/mol. The van der Waals surface area contributed by atoms with E-state index in [1.807, 2.05) is 5.32 Å². The van der Waals surface area contributed by atoms with E-state index < -0.39 is 17.4 Å². The van der Waals surface area contributed by atoms with Gasteiger partial charge < -0.3 is 10.4 Å². The standard InChI is InChI=1S/C6H10NO3/c1-4(8)6(3,10)7-5(2)9/h10H,3H2,1-2H3,(H,7,9). The Hall–Kier alpha value is -0.900. The first-order valence-corrected chi connectivity index (χ1v) is 2.74. The van der Waals surface area contributed by atoms with Gasteiger partial charge in [-0.1, -0.05) is 0 Å². The van der Waals surface area contributed by atoms with Gasteiger partial charge in [-0.05, 0) is 6.92 Å². The van der Waals surface area contributed by atoms with Gasteiger partial charge >= 0.3 is 0 Å².